The van der Waals surface area contributed by atoms with Crippen LogP contribution < -0.4 is 10.2 Å². The number of halogens is 1. The Morgan fingerprint density at radius 2 is 1.78 bits per heavy atom. The summed E-state index contributed by atoms with van der Waals surface area (Å²) in [5, 5.41) is 3.13. The lowest BCUT2D eigenvalue weighted by molar-refractivity contribution is 0.0930. The fraction of sp³-hybridized carbons (Fsp3) is 0.241. The first kappa shape index (κ1) is 24.5. The van der Waals surface area contributed by atoms with E-state index in [9.17, 15) is 9.18 Å². The summed E-state index contributed by atoms with van der Waals surface area (Å²) in [5.41, 5.74) is 3.57. The Morgan fingerprint density at radius 3 is 2.49 bits per heavy atom. The highest BCUT2D eigenvalue weighted by Gasteiger charge is 2.23. The normalized spacial score (nSPS) is 13.9. The van der Waals surface area contributed by atoms with Crippen LogP contribution in [0.3, 0.4) is 0 Å². The predicted molar refractivity (Wildman–Crippen MR) is 141 cm³/mol. The van der Waals surface area contributed by atoms with Crippen LogP contribution in [0.5, 0.6) is 0 Å². The molecule has 0 saturated carbocycles. The van der Waals surface area contributed by atoms with Gasteiger partial charge in [0.25, 0.3) is 5.91 Å². The number of benzene rings is 2. The van der Waals surface area contributed by atoms with Crippen LogP contribution in [0.1, 0.15) is 28.9 Å². The van der Waals surface area contributed by atoms with Crippen LogP contribution in [0, 0.1) is 5.82 Å². The van der Waals surface area contributed by atoms with Gasteiger partial charge in [-0.1, -0.05) is 42.5 Å². The van der Waals surface area contributed by atoms with Gasteiger partial charge in [-0.3, -0.25) is 9.78 Å². The second-order valence-corrected chi connectivity index (χ2v) is 9.02. The Bertz CT molecular complexity index is 1360. The van der Waals surface area contributed by atoms with Gasteiger partial charge in [0.15, 0.2) is 5.82 Å². The van der Waals surface area contributed by atoms with Gasteiger partial charge in [-0.05, 0) is 37.1 Å². The Balaban J connectivity index is 1.22. The summed E-state index contributed by atoms with van der Waals surface area (Å²) in [4.78, 5) is 28.9. The summed E-state index contributed by atoms with van der Waals surface area (Å²) in [6.07, 6.45) is 3.13. The molecular formula is C29H28FN5O2. The first-order valence-corrected chi connectivity index (χ1v) is 12.3. The number of carbonyl (C=O) groups is 1. The average molecular weight is 498 g/mol. The van der Waals surface area contributed by atoms with Crippen molar-refractivity contribution < 1.29 is 13.9 Å². The van der Waals surface area contributed by atoms with E-state index >= 15 is 0 Å². The van der Waals surface area contributed by atoms with E-state index in [-0.39, 0.29) is 17.8 Å². The molecule has 1 amide bonds. The smallest absolute Gasteiger partial charge is 0.253 e. The van der Waals surface area contributed by atoms with Gasteiger partial charge in [0.05, 0.1) is 23.6 Å². The van der Waals surface area contributed by atoms with Crippen molar-refractivity contribution >= 4 is 11.7 Å². The molecule has 37 heavy (non-hydrogen) atoms. The first-order chi connectivity index (χ1) is 18.1. The van der Waals surface area contributed by atoms with Crippen molar-refractivity contribution in [2.45, 2.75) is 25.5 Å². The lowest BCUT2D eigenvalue weighted by atomic mass is 10.0. The van der Waals surface area contributed by atoms with E-state index in [1.54, 1.807) is 31.4 Å². The van der Waals surface area contributed by atoms with E-state index in [0.29, 0.717) is 29.3 Å². The standard InChI is InChI=1S/C29H28FN5O2/c1-37-19-25-17-27(34-28(32-25)20-6-3-2-4-7-20)35-14-12-24(13-15-35)33-29(36)22-10-11-26(31-18-22)21-8-5-9-23(30)16-21/h2-11,16-18,24H,12-15,19H2,1H3,(H,33,36). The fourth-order valence-corrected chi connectivity index (χ4v) is 4.45. The number of anilines is 1. The zero-order valence-corrected chi connectivity index (χ0v) is 20.6. The largest absolute Gasteiger partial charge is 0.378 e. The number of aromatic nitrogens is 3. The van der Waals surface area contributed by atoms with Crippen LogP contribution in [0.25, 0.3) is 22.6 Å². The van der Waals surface area contributed by atoms with Crippen molar-refractivity contribution in [3.63, 3.8) is 0 Å². The number of piperidine rings is 1. The lowest BCUT2D eigenvalue weighted by Gasteiger charge is -2.33. The predicted octanol–water partition coefficient (Wildman–Crippen LogP) is 4.89. The molecule has 0 atom stereocenters. The molecule has 188 valence electrons. The summed E-state index contributed by atoms with van der Waals surface area (Å²) in [6.45, 7) is 1.94. The van der Waals surface area contributed by atoms with Crippen LogP contribution in [0.2, 0.25) is 0 Å². The Labute approximate surface area is 215 Å². The summed E-state index contributed by atoms with van der Waals surface area (Å²) in [5.74, 6) is 1.06. The van der Waals surface area contributed by atoms with Gasteiger partial charge < -0.3 is 15.0 Å². The minimum atomic E-state index is -0.319. The monoisotopic (exact) mass is 497 g/mol. The van der Waals surface area contributed by atoms with Crippen molar-refractivity contribution in [1.29, 1.82) is 0 Å². The maximum Gasteiger partial charge on any atom is 0.253 e. The van der Waals surface area contributed by atoms with Crippen LogP contribution in [0.15, 0.2) is 79.0 Å². The molecule has 1 aliphatic heterocycles. The van der Waals surface area contributed by atoms with Gasteiger partial charge in [0.1, 0.15) is 11.6 Å². The Kier molecular flexibility index (Phi) is 7.46. The maximum atomic E-state index is 13.5. The molecule has 0 unspecified atom stereocenters. The Hall–Kier alpha value is -4.17. The topological polar surface area (TPSA) is 80.2 Å². The summed E-state index contributed by atoms with van der Waals surface area (Å²) in [7, 11) is 1.66. The molecule has 8 heteroatoms. The van der Waals surface area contributed by atoms with Gasteiger partial charge in [0, 0.05) is 49.6 Å². The molecule has 1 saturated heterocycles. The highest BCUT2D eigenvalue weighted by Crippen LogP contribution is 2.24. The third kappa shape index (κ3) is 5.98. The molecule has 0 spiro atoms. The van der Waals surface area contributed by atoms with Crippen molar-refractivity contribution in [1.82, 2.24) is 20.3 Å². The zero-order chi connectivity index (χ0) is 25.6. The van der Waals surface area contributed by atoms with Crippen LogP contribution in [-0.2, 0) is 11.3 Å². The lowest BCUT2D eigenvalue weighted by Crippen LogP contribution is -2.45. The number of amides is 1. The number of nitrogens with one attached hydrogen (secondary N) is 1. The number of carbonyl (C=O) groups excluding carboxylic acids is 1. The van der Waals surface area contributed by atoms with E-state index in [0.717, 1.165) is 43.0 Å². The molecule has 1 fully saturated rings. The summed E-state index contributed by atoms with van der Waals surface area (Å²) < 4.78 is 18.8. The van der Waals surface area contributed by atoms with Crippen LogP contribution in [0.4, 0.5) is 10.2 Å². The maximum absolute atomic E-state index is 13.5. The fourth-order valence-electron chi connectivity index (χ4n) is 4.45. The van der Waals surface area contributed by atoms with E-state index in [1.807, 2.05) is 36.4 Å². The van der Waals surface area contributed by atoms with Gasteiger partial charge in [-0.2, -0.15) is 0 Å². The molecule has 5 rings (SSSR count). The SMILES string of the molecule is COCc1cc(N2CCC(NC(=O)c3ccc(-c4cccc(F)c4)nc3)CC2)nc(-c2ccccc2)n1. The van der Waals surface area contributed by atoms with Gasteiger partial charge in [-0.25, -0.2) is 14.4 Å². The second kappa shape index (κ2) is 11.3. The van der Waals surface area contributed by atoms with Gasteiger partial charge in [0.2, 0.25) is 0 Å². The number of ether oxygens (including phenoxy) is 1. The molecule has 2 aromatic heterocycles. The molecule has 4 aromatic rings. The third-order valence-electron chi connectivity index (χ3n) is 6.39. The molecule has 2 aromatic carbocycles. The van der Waals surface area contributed by atoms with Crippen LogP contribution >= 0.6 is 0 Å². The second-order valence-electron chi connectivity index (χ2n) is 9.02. The minimum Gasteiger partial charge on any atom is -0.378 e. The quantitative estimate of drug-likeness (QED) is 0.392. The number of hydrogen-bond donors (Lipinski definition) is 1. The van der Waals surface area contributed by atoms with E-state index in [4.69, 9.17) is 9.72 Å². The molecule has 0 bridgehead atoms. The molecular weight excluding hydrogens is 469 g/mol. The van der Waals surface area contributed by atoms with E-state index in [1.165, 1.54) is 18.3 Å². The first-order valence-electron chi connectivity index (χ1n) is 12.3. The number of rotatable bonds is 7. The average Bonchev–Trinajstić information content (AvgIpc) is 2.94. The number of pyridine rings is 1. The summed E-state index contributed by atoms with van der Waals surface area (Å²) >= 11 is 0. The zero-order valence-electron chi connectivity index (χ0n) is 20.6. The molecule has 0 radical (unpaired) electrons. The van der Waals surface area contributed by atoms with Crippen molar-refractivity contribution in [3.8, 4) is 22.6 Å². The molecule has 0 aliphatic carbocycles. The molecule has 1 N–H and O–H groups in total. The van der Waals surface area contributed by atoms with E-state index < -0.39 is 0 Å². The highest BCUT2D eigenvalue weighted by molar-refractivity contribution is 5.94. The van der Waals surface area contributed by atoms with Crippen molar-refractivity contribution in [2.75, 3.05) is 25.1 Å². The number of methoxy groups -OCH3 is 1. The minimum absolute atomic E-state index is 0.0560. The van der Waals surface area contributed by atoms with E-state index in [2.05, 4.69) is 20.2 Å². The van der Waals surface area contributed by atoms with Crippen LogP contribution in [-0.4, -0.2) is 47.1 Å². The van der Waals surface area contributed by atoms with Crippen molar-refractivity contribution in [3.05, 3.63) is 96.1 Å². The highest BCUT2D eigenvalue weighted by atomic mass is 19.1. The number of nitrogens with zero attached hydrogens (tertiary/aromatic N) is 4. The molecule has 1 aliphatic rings. The summed E-state index contributed by atoms with van der Waals surface area (Å²) in [6, 6.07) is 21.6. The molecule has 3 heterocycles. The Morgan fingerprint density at radius 1 is 1.00 bits per heavy atom. The van der Waals surface area contributed by atoms with Crippen molar-refractivity contribution in [2.24, 2.45) is 0 Å². The van der Waals surface area contributed by atoms with Gasteiger partial charge >= 0.3 is 0 Å². The molecule has 7 nitrogen and oxygen atoms in total. The van der Waals surface area contributed by atoms with Gasteiger partial charge in [-0.15, -0.1) is 0 Å². The number of hydrogen-bond acceptors (Lipinski definition) is 6. The third-order valence-corrected chi connectivity index (χ3v) is 6.39.